The van der Waals surface area contributed by atoms with Gasteiger partial charge in [0.2, 0.25) is 0 Å². The third kappa shape index (κ3) is 2.93. The molecule has 0 aromatic carbocycles. The Kier molecular flexibility index (Phi) is 4.33. The Morgan fingerprint density at radius 3 is 2.21 bits per heavy atom. The van der Waals surface area contributed by atoms with Gasteiger partial charge in [0.25, 0.3) is 0 Å². The molecule has 19 heavy (non-hydrogen) atoms. The van der Waals surface area contributed by atoms with Gasteiger partial charge in [0.15, 0.2) is 0 Å². The molecule has 0 N–H and O–H groups in total. The molecule has 108 valence electrons. The third-order valence-electron chi connectivity index (χ3n) is 2.25. The van der Waals surface area contributed by atoms with Crippen molar-refractivity contribution in [3.05, 3.63) is 23.8 Å². The van der Waals surface area contributed by atoms with E-state index in [1.165, 1.54) is 0 Å². The van der Waals surface area contributed by atoms with Crippen molar-refractivity contribution in [2.45, 2.75) is 37.0 Å². The number of halogens is 7. The molecule has 0 amide bonds. The van der Waals surface area contributed by atoms with Crippen LogP contribution in [0.2, 0.25) is 0 Å². The van der Waals surface area contributed by atoms with Crippen molar-refractivity contribution in [2.24, 2.45) is 0 Å². The molecule has 0 bridgehead atoms. The predicted molar refractivity (Wildman–Crippen MR) is 55.7 cm³/mol. The number of aryl methyl sites for hydroxylation is 1. The summed E-state index contributed by atoms with van der Waals surface area (Å²) in [5, 5.41) is -5.40. The van der Waals surface area contributed by atoms with E-state index in [1.807, 2.05) is 0 Å². The van der Waals surface area contributed by atoms with Gasteiger partial charge >= 0.3 is 17.2 Å². The molecule has 1 aromatic heterocycles. The average molecular weight is 307 g/mol. The summed E-state index contributed by atoms with van der Waals surface area (Å²) >= 11 is 4.05. The van der Waals surface area contributed by atoms with E-state index in [0.29, 0.717) is 12.5 Å². The summed E-state index contributed by atoms with van der Waals surface area (Å²) in [7, 11) is 0. The fourth-order valence-corrected chi connectivity index (χ4v) is 1.38. The Bertz CT molecular complexity index is 446. The van der Waals surface area contributed by atoms with E-state index in [-0.39, 0.29) is 12.2 Å². The molecule has 0 fully saturated rings. The maximum Gasteiger partial charge on any atom is 0.392 e. The van der Waals surface area contributed by atoms with E-state index < -0.39 is 22.9 Å². The van der Waals surface area contributed by atoms with Gasteiger partial charge in [0.1, 0.15) is 11.5 Å². The van der Waals surface area contributed by atoms with E-state index in [4.69, 9.17) is 0 Å². The molecule has 1 heterocycles. The summed E-state index contributed by atoms with van der Waals surface area (Å²) in [6.45, 7) is 1.69. The summed E-state index contributed by atoms with van der Waals surface area (Å²) in [5.74, 6) is -11.1. The second-order valence-electron chi connectivity index (χ2n) is 3.75. The lowest BCUT2D eigenvalue weighted by atomic mass is 10.1. The van der Waals surface area contributed by atoms with Crippen molar-refractivity contribution in [1.82, 2.24) is 9.97 Å². The molecule has 0 aliphatic carbocycles. The highest BCUT2D eigenvalue weighted by Gasteiger charge is 2.72. The Morgan fingerprint density at radius 2 is 1.74 bits per heavy atom. The Labute approximate surface area is 109 Å². The SMILES string of the molecule is CCCc1nccc(C(F)(F)C(F)(F)C(F)(F)Cl)n1. The summed E-state index contributed by atoms with van der Waals surface area (Å²) in [6, 6.07) is 0.454. The van der Waals surface area contributed by atoms with Crippen LogP contribution in [0, 0.1) is 0 Å². The first-order valence-electron chi connectivity index (χ1n) is 5.18. The van der Waals surface area contributed by atoms with Gasteiger partial charge < -0.3 is 0 Å². The number of alkyl halides is 7. The van der Waals surface area contributed by atoms with Gasteiger partial charge in [0, 0.05) is 12.6 Å². The summed E-state index contributed by atoms with van der Waals surface area (Å²) < 4.78 is 77.8. The molecule has 2 nitrogen and oxygen atoms in total. The van der Waals surface area contributed by atoms with Crippen molar-refractivity contribution in [2.75, 3.05) is 0 Å². The van der Waals surface area contributed by atoms with Crippen LogP contribution < -0.4 is 0 Å². The molecule has 0 unspecified atom stereocenters. The summed E-state index contributed by atoms with van der Waals surface area (Å²) in [4.78, 5) is 6.76. The van der Waals surface area contributed by atoms with Crippen LogP contribution >= 0.6 is 11.6 Å². The zero-order chi connectivity index (χ0) is 14.9. The summed E-state index contributed by atoms with van der Waals surface area (Å²) in [6.07, 6.45) is 1.45. The minimum atomic E-state index is -5.76. The lowest BCUT2D eigenvalue weighted by molar-refractivity contribution is -0.287. The second-order valence-corrected chi connectivity index (χ2v) is 4.23. The number of nitrogens with zero attached hydrogens (tertiary/aromatic N) is 2. The van der Waals surface area contributed by atoms with Crippen LogP contribution in [0.25, 0.3) is 0 Å². The predicted octanol–water partition coefficient (Wildman–Crippen LogP) is 3.99. The third-order valence-corrected chi connectivity index (χ3v) is 2.49. The smallest absolute Gasteiger partial charge is 0.241 e. The van der Waals surface area contributed by atoms with Crippen LogP contribution in [-0.4, -0.2) is 21.3 Å². The van der Waals surface area contributed by atoms with Gasteiger partial charge in [-0.25, -0.2) is 9.97 Å². The van der Waals surface area contributed by atoms with E-state index in [0.717, 1.165) is 6.20 Å². The first kappa shape index (κ1) is 16.0. The first-order chi connectivity index (χ1) is 8.54. The number of hydrogen-bond donors (Lipinski definition) is 0. The van der Waals surface area contributed by atoms with Gasteiger partial charge in [-0.3, -0.25) is 0 Å². The van der Waals surface area contributed by atoms with Crippen molar-refractivity contribution in [3.63, 3.8) is 0 Å². The molecule has 0 saturated heterocycles. The minimum Gasteiger partial charge on any atom is -0.241 e. The van der Waals surface area contributed by atoms with Gasteiger partial charge in [-0.2, -0.15) is 26.3 Å². The van der Waals surface area contributed by atoms with Gasteiger partial charge in [0.05, 0.1) is 0 Å². The molecule has 1 rings (SSSR count). The number of aromatic nitrogens is 2. The first-order valence-corrected chi connectivity index (χ1v) is 5.56. The molecular formula is C10H9ClF6N2. The van der Waals surface area contributed by atoms with E-state index in [1.54, 1.807) is 6.92 Å². The van der Waals surface area contributed by atoms with E-state index >= 15 is 0 Å². The molecule has 0 saturated carbocycles. The fraction of sp³-hybridized carbons (Fsp3) is 0.600. The van der Waals surface area contributed by atoms with Crippen LogP contribution in [0.1, 0.15) is 24.9 Å². The second kappa shape index (κ2) is 5.15. The molecule has 0 atom stereocenters. The lowest BCUT2D eigenvalue weighted by Crippen LogP contribution is -2.49. The summed E-state index contributed by atoms with van der Waals surface area (Å²) in [5.41, 5.74) is -1.49. The van der Waals surface area contributed by atoms with Crippen LogP contribution in [0.4, 0.5) is 26.3 Å². The largest absolute Gasteiger partial charge is 0.392 e. The van der Waals surface area contributed by atoms with Crippen molar-refractivity contribution >= 4 is 11.6 Å². The Morgan fingerprint density at radius 1 is 1.16 bits per heavy atom. The highest BCUT2D eigenvalue weighted by atomic mass is 35.5. The maximum absolute atomic E-state index is 13.4. The highest BCUT2D eigenvalue weighted by molar-refractivity contribution is 6.22. The highest BCUT2D eigenvalue weighted by Crippen LogP contribution is 2.52. The molecule has 0 aliphatic rings. The maximum atomic E-state index is 13.4. The Balaban J connectivity index is 3.23. The van der Waals surface area contributed by atoms with Gasteiger partial charge in [-0.1, -0.05) is 6.92 Å². The quantitative estimate of drug-likeness (QED) is 0.607. The Hall–Kier alpha value is -1.05. The number of rotatable bonds is 5. The van der Waals surface area contributed by atoms with Crippen LogP contribution in [0.3, 0.4) is 0 Å². The topological polar surface area (TPSA) is 25.8 Å². The minimum absolute atomic E-state index is 0.131. The van der Waals surface area contributed by atoms with Crippen molar-refractivity contribution in [3.8, 4) is 0 Å². The molecule has 0 aliphatic heterocycles. The standard InChI is InChI=1S/C10H9ClF6N2/c1-2-3-7-18-5-4-6(19-7)8(12,13)9(14,15)10(11,16)17/h4-5H,2-3H2,1H3. The van der Waals surface area contributed by atoms with Crippen molar-refractivity contribution < 1.29 is 26.3 Å². The van der Waals surface area contributed by atoms with Crippen LogP contribution in [0.15, 0.2) is 12.3 Å². The molecule has 0 spiro atoms. The van der Waals surface area contributed by atoms with Gasteiger partial charge in [-0.05, 0) is 24.1 Å². The van der Waals surface area contributed by atoms with Crippen LogP contribution in [0.5, 0.6) is 0 Å². The molecule has 9 heteroatoms. The molecular weight excluding hydrogens is 298 g/mol. The number of hydrogen-bond acceptors (Lipinski definition) is 2. The average Bonchev–Trinajstić information content (AvgIpc) is 2.28. The fourth-order valence-electron chi connectivity index (χ4n) is 1.26. The normalized spacial score (nSPS) is 13.7. The van der Waals surface area contributed by atoms with E-state index in [9.17, 15) is 26.3 Å². The zero-order valence-electron chi connectivity index (χ0n) is 9.61. The molecule has 1 aromatic rings. The zero-order valence-corrected chi connectivity index (χ0v) is 10.4. The monoisotopic (exact) mass is 306 g/mol. The molecule has 0 radical (unpaired) electrons. The van der Waals surface area contributed by atoms with E-state index in [2.05, 4.69) is 21.6 Å². The van der Waals surface area contributed by atoms with Crippen molar-refractivity contribution in [1.29, 1.82) is 0 Å². The van der Waals surface area contributed by atoms with Crippen LogP contribution in [-0.2, 0) is 12.3 Å². The lowest BCUT2D eigenvalue weighted by Gasteiger charge is -2.28. The van der Waals surface area contributed by atoms with Gasteiger partial charge in [-0.15, -0.1) is 0 Å².